The van der Waals surface area contributed by atoms with E-state index >= 15 is 0 Å². The highest BCUT2D eigenvalue weighted by atomic mass is 19.4. The number of ether oxygens (including phenoxy) is 4. The zero-order valence-corrected chi connectivity index (χ0v) is 34.0. The van der Waals surface area contributed by atoms with Gasteiger partial charge in [-0.3, -0.25) is 5.32 Å². The number of nitrogens with two attached hydrogens (primary N) is 1. The van der Waals surface area contributed by atoms with E-state index < -0.39 is 59.2 Å². The quantitative estimate of drug-likeness (QED) is 0.0487. The second-order valence-electron chi connectivity index (χ2n) is 12.5. The molecule has 0 heterocycles. The molecule has 0 bridgehead atoms. The molecule has 0 aliphatic heterocycles. The average Bonchev–Trinajstić information content (AvgIpc) is 3.24. The Morgan fingerprint density at radius 3 is 1.59 bits per heavy atom. The Bertz CT molecular complexity index is 2480. The normalized spacial score (nSPS) is 11.0. The minimum Gasteiger partial charge on any atom is -0.495 e. The number of esters is 2. The minimum atomic E-state index is -4.63. The van der Waals surface area contributed by atoms with E-state index in [0.29, 0.717) is 22.9 Å². The van der Waals surface area contributed by atoms with Gasteiger partial charge in [-0.15, -0.1) is 0 Å². The predicted octanol–water partition coefficient (Wildman–Crippen LogP) is 10.9. The second-order valence-corrected chi connectivity index (χ2v) is 12.5. The highest BCUT2D eigenvalue weighted by Gasteiger charge is 2.32. The van der Waals surface area contributed by atoms with Gasteiger partial charge in [-0.25, -0.2) is 28.0 Å². The fraction of sp³-hybridized carbons (Fsp3) is 0.136. The number of benzene rings is 5. The van der Waals surface area contributed by atoms with Crippen molar-refractivity contribution in [1.29, 1.82) is 0 Å². The largest absolute Gasteiger partial charge is 0.495 e. The van der Waals surface area contributed by atoms with Gasteiger partial charge >= 0.3 is 36.4 Å². The molecule has 338 valence electrons. The number of aryl methyl sites for hydroxylation is 1. The lowest BCUT2D eigenvalue weighted by Crippen LogP contribution is -2.21. The number of methoxy groups -OCH3 is 3. The summed E-state index contributed by atoms with van der Waals surface area (Å²) >= 11 is 0. The third kappa shape index (κ3) is 15.9. The van der Waals surface area contributed by atoms with Crippen LogP contribution in [0.5, 0.6) is 11.5 Å². The smallest absolute Gasteiger partial charge is 0.417 e. The summed E-state index contributed by atoms with van der Waals surface area (Å²) in [4.78, 5) is 46.5. The van der Waals surface area contributed by atoms with Crippen LogP contribution in [0.2, 0.25) is 0 Å². The molecule has 0 unspecified atom stereocenters. The van der Waals surface area contributed by atoms with Crippen molar-refractivity contribution >= 4 is 59.0 Å². The number of halogens is 8. The van der Waals surface area contributed by atoms with E-state index in [1.165, 1.54) is 56.7 Å². The van der Waals surface area contributed by atoms with Crippen LogP contribution in [-0.4, -0.2) is 45.4 Å². The van der Waals surface area contributed by atoms with E-state index in [1.54, 1.807) is 43.3 Å². The average molecular weight is 903 g/mol. The van der Waals surface area contributed by atoms with Crippen LogP contribution in [0.25, 0.3) is 12.2 Å². The SMILES string of the molecule is COC(=O)/C=C/c1cccc(F)c1NC(=O)Nc1cc(C(F)(F)F)ccc1OC.COC(=O)/C=C/c1cccc(F)c1NC(=O)Oc1ccccc1.Cc1ccc(C(F)(F)F)cc1N. The maximum absolute atomic E-state index is 14.2. The number of rotatable bonds is 9. The molecule has 20 heteroatoms. The lowest BCUT2D eigenvalue weighted by molar-refractivity contribution is -0.138. The van der Waals surface area contributed by atoms with Gasteiger partial charge in [0.15, 0.2) is 0 Å². The Hall–Kier alpha value is -7.90. The highest BCUT2D eigenvalue weighted by molar-refractivity contribution is 6.02. The molecule has 0 fully saturated rings. The summed E-state index contributed by atoms with van der Waals surface area (Å²) in [5.41, 5.74) is 4.26. The molecule has 5 N–H and O–H groups in total. The minimum absolute atomic E-state index is 0.0208. The summed E-state index contributed by atoms with van der Waals surface area (Å²) in [6.45, 7) is 1.66. The molecule has 12 nitrogen and oxygen atoms in total. The highest BCUT2D eigenvalue weighted by Crippen LogP contribution is 2.35. The van der Waals surface area contributed by atoms with Gasteiger partial charge in [0.1, 0.15) is 23.1 Å². The molecule has 0 atom stereocenters. The topological polar surface area (TPSA) is 167 Å². The van der Waals surface area contributed by atoms with E-state index in [1.807, 2.05) is 0 Å². The molecule has 3 amide bonds. The Kier molecular flexibility index (Phi) is 18.4. The fourth-order valence-electron chi connectivity index (χ4n) is 4.86. The van der Waals surface area contributed by atoms with Crippen LogP contribution in [0.4, 0.5) is 67.5 Å². The maximum atomic E-state index is 14.2. The summed E-state index contributed by atoms with van der Waals surface area (Å²) in [6, 6.07) is 21.2. The lowest BCUT2D eigenvalue weighted by Gasteiger charge is -2.15. The zero-order chi connectivity index (χ0) is 47.6. The van der Waals surface area contributed by atoms with Crippen LogP contribution in [0, 0.1) is 18.6 Å². The number of anilines is 4. The first-order chi connectivity index (χ1) is 30.2. The molecule has 0 aliphatic rings. The monoisotopic (exact) mass is 902 g/mol. The molecule has 0 aromatic heterocycles. The van der Waals surface area contributed by atoms with Crippen molar-refractivity contribution in [2.45, 2.75) is 19.3 Å². The first kappa shape index (κ1) is 50.5. The van der Waals surface area contributed by atoms with Crippen LogP contribution in [-0.2, 0) is 31.4 Å². The Labute approximate surface area is 360 Å². The number of carbonyl (C=O) groups excluding carboxylic acids is 4. The third-order valence-electron chi connectivity index (χ3n) is 8.09. The van der Waals surface area contributed by atoms with E-state index in [4.69, 9.17) is 15.2 Å². The van der Waals surface area contributed by atoms with Gasteiger partial charge in [0, 0.05) is 29.0 Å². The van der Waals surface area contributed by atoms with Crippen LogP contribution < -0.4 is 31.2 Å². The summed E-state index contributed by atoms with van der Waals surface area (Å²) in [6.07, 6.45) is -5.06. The Balaban J connectivity index is 0.000000276. The second kappa shape index (κ2) is 23.4. The van der Waals surface area contributed by atoms with E-state index in [2.05, 4.69) is 25.4 Å². The number of amides is 3. The zero-order valence-electron chi connectivity index (χ0n) is 34.0. The number of nitrogen functional groups attached to an aromatic ring is 1. The standard InChI is InChI=1S/C19H16F4N2O4.C17H14FNO4.C8H8F3N/c1-28-15-8-7-12(19(21,22)23)10-14(15)24-18(27)25-17-11(4-3-5-13(17)20)6-9-16(26)29-2;1-22-15(20)11-10-12-6-5-9-14(18)16(12)19-17(21)23-13-7-3-2-4-8-13;1-5-2-3-6(4-7(5)12)8(9,10)11/h3-10H,1-2H3,(H2,24,25,27);2-11H,1H3,(H,19,21);2-4H,12H2,1H3/b9-6+;11-10+;. The maximum Gasteiger partial charge on any atom is 0.417 e. The van der Waals surface area contributed by atoms with Crippen molar-refractivity contribution in [3.8, 4) is 11.5 Å². The van der Waals surface area contributed by atoms with Crippen molar-refractivity contribution in [1.82, 2.24) is 0 Å². The summed E-state index contributed by atoms with van der Waals surface area (Å²) in [5.74, 6) is -2.45. The Morgan fingerprint density at radius 2 is 1.11 bits per heavy atom. The van der Waals surface area contributed by atoms with Crippen LogP contribution in [0.3, 0.4) is 0 Å². The molecular weight excluding hydrogens is 864 g/mol. The van der Waals surface area contributed by atoms with Crippen molar-refractivity contribution < 1.29 is 73.2 Å². The molecule has 5 aromatic rings. The molecule has 0 radical (unpaired) electrons. The number of hydrogen-bond acceptors (Lipinski definition) is 9. The van der Waals surface area contributed by atoms with Crippen molar-refractivity contribution in [2.75, 3.05) is 43.0 Å². The number of alkyl halides is 6. The van der Waals surface area contributed by atoms with Gasteiger partial charge in [0.25, 0.3) is 0 Å². The van der Waals surface area contributed by atoms with Gasteiger partial charge < -0.3 is 35.3 Å². The lowest BCUT2D eigenvalue weighted by atomic mass is 10.1. The van der Waals surface area contributed by atoms with E-state index in [9.17, 15) is 54.3 Å². The van der Waals surface area contributed by atoms with Gasteiger partial charge in [-0.2, -0.15) is 26.3 Å². The molecule has 5 aromatic carbocycles. The van der Waals surface area contributed by atoms with E-state index in [-0.39, 0.29) is 34.1 Å². The van der Waals surface area contributed by atoms with Crippen molar-refractivity contribution in [3.05, 3.63) is 155 Å². The van der Waals surface area contributed by atoms with Gasteiger partial charge in [-0.05, 0) is 79.2 Å². The molecule has 0 aliphatic carbocycles. The number of para-hydroxylation sites is 3. The van der Waals surface area contributed by atoms with Gasteiger partial charge in [-0.1, -0.05) is 48.5 Å². The van der Waals surface area contributed by atoms with Crippen LogP contribution in [0.15, 0.2) is 115 Å². The number of urea groups is 1. The fourth-order valence-corrected chi connectivity index (χ4v) is 4.86. The number of nitrogens with one attached hydrogen (secondary N) is 3. The third-order valence-corrected chi connectivity index (χ3v) is 8.09. The number of hydrogen-bond donors (Lipinski definition) is 4. The first-order valence-electron chi connectivity index (χ1n) is 18.1. The van der Waals surface area contributed by atoms with Crippen LogP contribution in [0.1, 0.15) is 27.8 Å². The van der Waals surface area contributed by atoms with Crippen molar-refractivity contribution in [2.24, 2.45) is 0 Å². The van der Waals surface area contributed by atoms with Gasteiger partial charge in [0.2, 0.25) is 0 Å². The predicted molar refractivity (Wildman–Crippen MR) is 222 cm³/mol. The summed E-state index contributed by atoms with van der Waals surface area (Å²) in [5, 5.41) is 6.74. The number of carbonyl (C=O) groups is 4. The Morgan fingerprint density at radius 1 is 0.609 bits per heavy atom. The summed E-state index contributed by atoms with van der Waals surface area (Å²) < 4.78 is 122. The molecule has 0 spiro atoms. The molecule has 0 saturated heterocycles. The van der Waals surface area contributed by atoms with Gasteiger partial charge in [0.05, 0.1) is 49.5 Å². The molecule has 64 heavy (non-hydrogen) atoms. The summed E-state index contributed by atoms with van der Waals surface area (Å²) in [7, 11) is 3.61. The first-order valence-corrected chi connectivity index (χ1v) is 18.1. The van der Waals surface area contributed by atoms with Crippen molar-refractivity contribution in [3.63, 3.8) is 0 Å². The van der Waals surface area contributed by atoms with Crippen LogP contribution >= 0.6 is 0 Å². The molecule has 5 rings (SSSR count). The molecule has 0 saturated carbocycles. The van der Waals surface area contributed by atoms with E-state index in [0.717, 1.165) is 49.6 Å². The molecular formula is C44H38F8N4O8.